The van der Waals surface area contributed by atoms with Crippen LogP contribution < -0.4 is 0 Å². The molecule has 2 aromatic rings. The average molecular weight is 280 g/mol. The van der Waals surface area contributed by atoms with Gasteiger partial charge >= 0.3 is 0 Å². The molecule has 0 aliphatic carbocycles. The lowest BCUT2D eigenvalue weighted by atomic mass is 10.2. The Kier molecular flexibility index (Phi) is 2.96. The zero-order valence-corrected chi connectivity index (χ0v) is 10.6. The van der Waals surface area contributed by atoms with E-state index in [0.717, 1.165) is 11.3 Å². The third-order valence-electron chi connectivity index (χ3n) is 3.02. The van der Waals surface area contributed by atoms with Crippen molar-refractivity contribution in [3.05, 3.63) is 50.8 Å². The number of non-ortho nitro benzene ring substituents is 1. The van der Waals surface area contributed by atoms with E-state index >= 15 is 0 Å². The largest absolute Gasteiger partial charge is 0.376 e. The first-order valence-electron chi connectivity index (χ1n) is 5.75. The van der Waals surface area contributed by atoms with Crippen molar-refractivity contribution in [2.75, 3.05) is 6.61 Å². The van der Waals surface area contributed by atoms with Gasteiger partial charge < -0.3 is 4.74 Å². The smallest absolute Gasteiger partial charge is 0.271 e. The molecule has 0 N–H and O–H groups in total. The third kappa shape index (κ3) is 2.09. The van der Waals surface area contributed by atoms with Crippen molar-refractivity contribution in [3.63, 3.8) is 0 Å². The fraction of sp³-hybridized carbons (Fsp3) is 0.250. The first kappa shape index (κ1) is 12.1. The molecular weight excluding hydrogens is 270 g/mol. The highest BCUT2D eigenvalue weighted by Crippen LogP contribution is 2.28. The molecule has 3 rings (SSSR count). The summed E-state index contributed by atoms with van der Waals surface area (Å²) in [5.41, 5.74) is 2.34. The predicted molar refractivity (Wildman–Crippen MR) is 68.6 cm³/mol. The molecule has 0 unspecified atom stereocenters. The van der Waals surface area contributed by atoms with Crippen LogP contribution in [0.15, 0.2) is 24.3 Å². The van der Waals surface area contributed by atoms with Crippen molar-refractivity contribution in [2.24, 2.45) is 0 Å². The highest BCUT2D eigenvalue weighted by molar-refractivity contribution is 6.30. The molecule has 7 heteroatoms. The van der Waals surface area contributed by atoms with Gasteiger partial charge in [-0.3, -0.25) is 10.1 Å². The maximum atomic E-state index is 10.8. The summed E-state index contributed by atoms with van der Waals surface area (Å²) >= 11 is 6.26. The van der Waals surface area contributed by atoms with E-state index in [1.54, 1.807) is 12.1 Å². The highest BCUT2D eigenvalue weighted by Gasteiger charge is 2.21. The first-order valence-corrected chi connectivity index (χ1v) is 6.13. The molecule has 0 fully saturated rings. The molecule has 0 bridgehead atoms. The average Bonchev–Trinajstić information content (AvgIpc) is 2.77. The van der Waals surface area contributed by atoms with Crippen molar-refractivity contribution in [3.8, 4) is 5.69 Å². The Morgan fingerprint density at radius 2 is 2.32 bits per heavy atom. The molecule has 1 aromatic carbocycles. The van der Waals surface area contributed by atoms with Crippen molar-refractivity contribution in [2.45, 2.75) is 13.0 Å². The zero-order valence-electron chi connectivity index (χ0n) is 9.88. The van der Waals surface area contributed by atoms with Gasteiger partial charge in [0.15, 0.2) is 0 Å². The van der Waals surface area contributed by atoms with Gasteiger partial charge in [-0.2, -0.15) is 5.10 Å². The van der Waals surface area contributed by atoms with Gasteiger partial charge in [-0.1, -0.05) is 17.7 Å². The second-order valence-electron chi connectivity index (χ2n) is 4.21. The van der Waals surface area contributed by atoms with Gasteiger partial charge in [0.2, 0.25) is 0 Å². The maximum absolute atomic E-state index is 10.8. The summed E-state index contributed by atoms with van der Waals surface area (Å²) in [5.74, 6) is 0. The van der Waals surface area contributed by atoms with Gasteiger partial charge in [0.05, 0.1) is 29.5 Å². The van der Waals surface area contributed by atoms with Gasteiger partial charge in [-0.05, 0) is 6.07 Å². The Balaban J connectivity index is 2.09. The van der Waals surface area contributed by atoms with Crippen LogP contribution in [-0.4, -0.2) is 21.3 Å². The van der Waals surface area contributed by atoms with E-state index in [1.165, 1.54) is 16.8 Å². The van der Waals surface area contributed by atoms with E-state index in [1.807, 2.05) is 0 Å². The van der Waals surface area contributed by atoms with Crippen LogP contribution in [0.4, 0.5) is 5.69 Å². The first-order chi connectivity index (χ1) is 9.16. The number of nitro benzene ring substituents is 1. The SMILES string of the molecule is O=[N+]([O-])c1cccc(-n2nc3c(c2Cl)COCC3)c1. The van der Waals surface area contributed by atoms with Gasteiger partial charge in [-0.15, -0.1) is 0 Å². The maximum Gasteiger partial charge on any atom is 0.271 e. The fourth-order valence-electron chi connectivity index (χ4n) is 2.07. The molecule has 98 valence electrons. The number of hydrogen-bond donors (Lipinski definition) is 0. The number of ether oxygens (including phenoxy) is 1. The number of halogens is 1. The van der Waals surface area contributed by atoms with E-state index in [9.17, 15) is 10.1 Å². The summed E-state index contributed by atoms with van der Waals surface area (Å²) in [4.78, 5) is 10.3. The Labute approximate surface area is 113 Å². The number of benzene rings is 1. The molecule has 1 aliphatic rings. The molecule has 1 aromatic heterocycles. The summed E-state index contributed by atoms with van der Waals surface area (Å²) in [5, 5.41) is 15.6. The van der Waals surface area contributed by atoms with E-state index in [-0.39, 0.29) is 5.69 Å². The quantitative estimate of drug-likeness (QED) is 0.625. The van der Waals surface area contributed by atoms with Crippen molar-refractivity contribution < 1.29 is 9.66 Å². The molecule has 1 aliphatic heterocycles. The van der Waals surface area contributed by atoms with Gasteiger partial charge in [-0.25, -0.2) is 4.68 Å². The fourth-order valence-corrected chi connectivity index (χ4v) is 2.37. The van der Waals surface area contributed by atoms with Crippen LogP contribution in [0.5, 0.6) is 0 Å². The molecule has 0 saturated carbocycles. The predicted octanol–water partition coefficient (Wildman–Crippen LogP) is 2.51. The molecule has 0 atom stereocenters. The van der Waals surface area contributed by atoms with Crippen LogP contribution in [0.2, 0.25) is 5.15 Å². The lowest BCUT2D eigenvalue weighted by molar-refractivity contribution is -0.384. The van der Waals surface area contributed by atoms with E-state index in [4.69, 9.17) is 16.3 Å². The number of rotatable bonds is 2. The van der Waals surface area contributed by atoms with E-state index < -0.39 is 4.92 Å². The van der Waals surface area contributed by atoms with E-state index in [2.05, 4.69) is 5.10 Å². The van der Waals surface area contributed by atoms with Crippen molar-refractivity contribution in [1.82, 2.24) is 9.78 Å². The molecule has 0 amide bonds. The van der Waals surface area contributed by atoms with Crippen molar-refractivity contribution >= 4 is 17.3 Å². The second kappa shape index (κ2) is 4.64. The topological polar surface area (TPSA) is 70.2 Å². The second-order valence-corrected chi connectivity index (χ2v) is 4.57. The number of fused-ring (bicyclic) bond motifs is 1. The summed E-state index contributed by atoms with van der Waals surface area (Å²) < 4.78 is 6.86. The molecular formula is C12H10ClN3O3. The van der Waals surface area contributed by atoms with E-state index in [0.29, 0.717) is 30.5 Å². The normalized spacial score (nSPS) is 14.2. The van der Waals surface area contributed by atoms with Crippen molar-refractivity contribution in [1.29, 1.82) is 0 Å². The molecule has 6 nitrogen and oxygen atoms in total. The lowest BCUT2D eigenvalue weighted by Crippen LogP contribution is -2.08. The van der Waals surface area contributed by atoms with Crippen LogP contribution in [-0.2, 0) is 17.8 Å². The van der Waals surface area contributed by atoms with Gasteiger partial charge in [0.1, 0.15) is 5.15 Å². The van der Waals surface area contributed by atoms with Crippen LogP contribution in [0.25, 0.3) is 5.69 Å². The Morgan fingerprint density at radius 1 is 1.47 bits per heavy atom. The van der Waals surface area contributed by atoms with Gasteiger partial charge in [0, 0.05) is 24.1 Å². The minimum atomic E-state index is -0.441. The molecule has 0 radical (unpaired) electrons. The number of nitrogens with zero attached hydrogens (tertiary/aromatic N) is 3. The number of aromatic nitrogens is 2. The number of nitro groups is 1. The molecule has 2 heterocycles. The van der Waals surface area contributed by atoms with Crippen LogP contribution in [0.3, 0.4) is 0 Å². The minimum Gasteiger partial charge on any atom is -0.376 e. The molecule has 0 saturated heterocycles. The summed E-state index contributed by atoms with van der Waals surface area (Å²) in [6.07, 6.45) is 0.705. The third-order valence-corrected chi connectivity index (χ3v) is 3.41. The molecule has 0 spiro atoms. The monoisotopic (exact) mass is 279 g/mol. The highest BCUT2D eigenvalue weighted by atomic mass is 35.5. The van der Waals surface area contributed by atoms with Gasteiger partial charge in [0.25, 0.3) is 5.69 Å². The molecule has 19 heavy (non-hydrogen) atoms. The summed E-state index contributed by atoms with van der Waals surface area (Å²) in [6, 6.07) is 6.23. The standard InChI is InChI=1S/C12H10ClN3O3/c13-12-10-7-19-5-4-11(10)14-15(12)8-2-1-3-9(6-8)16(17)18/h1-3,6H,4-5,7H2. The zero-order chi connectivity index (χ0) is 13.4. The minimum absolute atomic E-state index is 0.0123. The Bertz CT molecular complexity index is 654. The Morgan fingerprint density at radius 3 is 3.05 bits per heavy atom. The summed E-state index contributed by atoms with van der Waals surface area (Å²) in [7, 11) is 0. The number of hydrogen-bond acceptors (Lipinski definition) is 4. The lowest BCUT2D eigenvalue weighted by Gasteiger charge is -2.09. The Hall–Kier alpha value is -1.92. The van der Waals surface area contributed by atoms with Crippen LogP contribution >= 0.6 is 11.6 Å². The summed E-state index contributed by atoms with van der Waals surface area (Å²) in [6.45, 7) is 1.05. The van der Waals surface area contributed by atoms with Crippen LogP contribution in [0.1, 0.15) is 11.3 Å². The van der Waals surface area contributed by atoms with Crippen LogP contribution in [0, 0.1) is 10.1 Å².